The predicted molar refractivity (Wildman–Crippen MR) is 102 cm³/mol. The molecule has 0 unspecified atom stereocenters. The summed E-state index contributed by atoms with van der Waals surface area (Å²) in [4.78, 5) is 0. The monoisotopic (exact) mass is 356 g/mol. The minimum absolute atomic E-state index is 0.522. The van der Waals surface area contributed by atoms with Gasteiger partial charge >= 0.3 is 8.80 Å². The molecule has 0 spiro atoms. The molecule has 0 bridgehead atoms. The molecule has 0 atom stereocenters. The Labute approximate surface area is 151 Å². The molecule has 0 amide bonds. The van der Waals surface area contributed by atoms with E-state index >= 15 is 0 Å². The molecule has 2 aliphatic carbocycles. The quantitative estimate of drug-likeness (QED) is 0.369. The van der Waals surface area contributed by atoms with Crippen LogP contribution in [-0.4, -0.2) is 28.6 Å². The van der Waals surface area contributed by atoms with Crippen LogP contribution in [-0.2, 0) is 13.3 Å². The predicted octanol–water partition coefficient (Wildman–Crippen LogP) is 6.10. The Morgan fingerprint density at radius 2 is 1.17 bits per heavy atom. The maximum Gasteiger partial charge on any atom is 0.504 e. The topological polar surface area (TPSA) is 27.7 Å². The van der Waals surface area contributed by atoms with Crippen LogP contribution in [0, 0.1) is 5.92 Å². The molecule has 0 aromatic carbocycles. The highest BCUT2D eigenvalue weighted by Crippen LogP contribution is 2.38. The summed E-state index contributed by atoms with van der Waals surface area (Å²) in [5.74, 6) is 0.858. The van der Waals surface area contributed by atoms with Gasteiger partial charge in [0, 0.05) is 25.4 Å². The van der Waals surface area contributed by atoms with Crippen LogP contribution in [0.25, 0.3) is 0 Å². The van der Waals surface area contributed by atoms with Crippen molar-refractivity contribution in [3.8, 4) is 0 Å². The average Bonchev–Trinajstić information content (AvgIpc) is 3.00. The van der Waals surface area contributed by atoms with E-state index in [0.717, 1.165) is 12.5 Å². The largest absolute Gasteiger partial charge is 0.504 e. The van der Waals surface area contributed by atoms with Crippen LogP contribution in [0.5, 0.6) is 0 Å². The second kappa shape index (κ2) is 11.7. The van der Waals surface area contributed by atoms with E-state index in [1.54, 1.807) is 0 Å². The molecule has 0 N–H and O–H groups in total. The highest BCUT2D eigenvalue weighted by atomic mass is 28.4. The van der Waals surface area contributed by atoms with Crippen molar-refractivity contribution in [1.29, 1.82) is 0 Å². The zero-order chi connectivity index (χ0) is 17.1. The van der Waals surface area contributed by atoms with Gasteiger partial charge in [-0.25, -0.2) is 0 Å². The third-order valence-electron chi connectivity index (χ3n) is 5.85. The van der Waals surface area contributed by atoms with Crippen LogP contribution in [0.2, 0.25) is 5.54 Å². The second-order valence-corrected chi connectivity index (χ2v) is 10.5. The van der Waals surface area contributed by atoms with Gasteiger partial charge in [-0.15, -0.1) is 0 Å². The maximum atomic E-state index is 6.54. The summed E-state index contributed by atoms with van der Waals surface area (Å²) in [6, 6.07) is 0. The van der Waals surface area contributed by atoms with E-state index in [9.17, 15) is 0 Å². The summed E-state index contributed by atoms with van der Waals surface area (Å²) < 4.78 is 19.1. The lowest BCUT2D eigenvalue weighted by atomic mass is 9.97. The molecule has 2 saturated carbocycles. The molecule has 2 fully saturated rings. The lowest BCUT2D eigenvalue weighted by Crippen LogP contribution is -2.50. The lowest BCUT2D eigenvalue weighted by molar-refractivity contribution is 0.0502. The van der Waals surface area contributed by atoms with Crippen LogP contribution in [0.4, 0.5) is 0 Å². The first kappa shape index (κ1) is 20.4. The van der Waals surface area contributed by atoms with Crippen molar-refractivity contribution in [3.05, 3.63) is 0 Å². The SMILES string of the molecule is CCO[Si](OCC)(OCCC1CCCCCC1)C1CCCCCC1. The Bertz CT molecular complexity index is 302. The minimum Gasteiger partial charge on any atom is -0.374 e. The maximum absolute atomic E-state index is 6.54. The summed E-state index contributed by atoms with van der Waals surface area (Å²) in [6.07, 6.45) is 17.5. The van der Waals surface area contributed by atoms with E-state index in [2.05, 4.69) is 13.8 Å². The molecule has 3 nitrogen and oxygen atoms in total. The van der Waals surface area contributed by atoms with E-state index in [1.807, 2.05) is 0 Å². The summed E-state index contributed by atoms with van der Waals surface area (Å²) in [5, 5.41) is 0. The first-order chi connectivity index (χ1) is 11.8. The summed E-state index contributed by atoms with van der Waals surface area (Å²) >= 11 is 0. The van der Waals surface area contributed by atoms with Gasteiger partial charge in [-0.05, 0) is 39.0 Å². The molecule has 0 heterocycles. The number of hydrogen-bond acceptors (Lipinski definition) is 3. The molecule has 0 radical (unpaired) electrons. The minimum atomic E-state index is -2.52. The van der Waals surface area contributed by atoms with Crippen molar-refractivity contribution in [2.75, 3.05) is 19.8 Å². The van der Waals surface area contributed by atoms with Crippen molar-refractivity contribution in [1.82, 2.24) is 0 Å². The summed E-state index contributed by atoms with van der Waals surface area (Å²) in [7, 11) is -2.52. The smallest absolute Gasteiger partial charge is 0.374 e. The van der Waals surface area contributed by atoms with E-state index < -0.39 is 8.80 Å². The summed E-state index contributed by atoms with van der Waals surface area (Å²) in [5.41, 5.74) is 0.522. The Kier molecular flexibility index (Phi) is 9.92. The van der Waals surface area contributed by atoms with Gasteiger partial charge in [-0.3, -0.25) is 0 Å². The zero-order valence-electron chi connectivity index (χ0n) is 16.2. The highest BCUT2D eigenvalue weighted by molar-refractivity contribution is 6.62. The van der Waals surface area contributed by atoms with E-state index in [1.165, 1.54) is 83.5 Å². The van der Waals surface area contributed by atoms with Gasteiger partial charge in [0.05, 0.1) is 0 Å². The molecule has 2 aliphatic rings. The van der Waals surface area contributed by atoms with Crippen molar-refractivity contribution in [2.24, 2.45) is 5.92 Å². The fourth-order valence-corrected chi connectivity index (χ4v) is 7.81. The van der Waals surface area contributed by atoms with Gasteiger partial charge in [0.25, 0.3) is 0 Å². The molecule has 24 heavy (non-hydrogen) atoms. The number of rotatable bonds is 9. The van der Waals surface area contributed by atoms with Gasteiger partial charge < -0.3 is 13.3 Å². The average molecular weight is 357 g/mol. The van der Waals surface area contributed by atoms with Gasteiger partial charge in [0.15, 0.2) is 0 Å². The fourth-order valence-electron chi connectivity index (χ4n) is 4.53. The molecule has 0 aliphatic heterocycles. The Morgan fingerprint density at radius 3 is 1.67 bits per heavy atom. The normalized spacial score (nSPS) is 22.2. The molecule has 142 valence electrons. The lowest BCUT2D eigenvalue weighted by Gasteiger charge is -2.35. The fraction of sp³-hybridized carbons (Fsp3) is 1.00. The van der Waals surface area contributed by atoms with Crippen LogP contribution < -0.4 is 0 Å². The summed E-state index contributed by atoms with van der Waals surface area (Å²) in [6.45, 7) is 6.45. The molecular formula is C20H40O3Si. The Balaban J connectivity index is 1.92. The highest BCUT2D eigenvalue weighted by Gasteiger charge is 2.48. The standard InChI is InChI=1S/C20H40O3Si/c1-3-21-24(22-4-2,20-15-11-7-8-12-16-20)23-18-17-19-13-9-5-6-10-14-19/h19-20H,3-18H2,1-2H3. The van der Waals surface area contributed by atoms with Crippen molar-refractivity contribution in [2.45, 2.75) is 103 Å². The van der Waals surface area contributed by atoms with Gasteiger partial charge in [-0.1, -0.05) is 64.2 Å². The van der Waals surface area contributed by atoms with E-state index in [0.29, 0.717) is 18.8 Å². The van der Waals surface area contributed by atoms with Crippen LogP contribution >= 0.6 is 0 Å². The van der Waals surface area contributed by atoms with Gasteiger partial charge in [0.2, 0.25) is 0 Å². The molecule has 4 heteroatoms. The van der Waals surface area contributed by atoms with Gasteiger partial charge in [0.1, 0.15) is 0 Å². The molecule has 0 saturated heterocycles. The van der Waals surface area contributed by atoms with Gasteiger partial charge in [-0.2, -0.15) is 0 Å². The second-order valence-electron chi connectivity index (χ2n) is 7.65. The molecule has 0 aromatic rings. The number of hydrogen-bond donors (Lipinski definition) is 0. The molecule has 0 aromatic heterocycles. The Hall–Kier alpha value is 0.0969. The van der Waals surface area contributed by atoms with Crippen molar-refractivity contribution < 1.29 is 13.3 Å². The first-order valence-electron chi connectivity index (χ1n) is 10.7. The van der Waals surface area contributed by atoms with Crippen molar-refractivity contribution in [3.63, 3.8) is 0 Å². The van der Waals surface area contributed by atoms with Crippen molar-refractivity contribution >= 4 is 8.80 Å². The molecular weight excluding hydrogens is 316 g/mol. The van der Waals surface area contributed by atoms with Crippen LogP contribution in [0.1, 0.15) is 97.3 Å². The van der Waals surface area contributed by atoms with E-state index in [-0.39, 0.29) is 0 Å². The third kappa shape index (κ3) is 6.43. The van der Waals surface area contributed by atoms with Crippen LogP contribution in [0.3, 0.4) is 0 Å². The Morgan fingerprint density at radius 1 is 0.667 bits per heavy atom. The van der Waals surface area contributed by atoms with Crippen LogP contribution in [0.15, 0.2) is 0 Å². The zero-order valence-corrected chi connectivity index (χ0v) is 17.2. The third-order valence-corrected chi connectivity index (χ3v) is 9.42. The van der Waals surface area contributed by atoms with E-state index in [4.69, 9.17) is 13.3 Å². The first-order valence-corrected chi connectivity index (χ1v) is 12.5. The molecule has 2 rings (SSSR count).